The van der Waals surface area contributed by atoms with Crippen LogP contribution in [0.1, 0.15) is 25.7 Å². The molecule has 2 rings (SSSR count). The summed E-state index contributed by atoms with van der Waals surface area (Å²) in [5, 5.41) is 7.43. The van der Waals surface area contributed by atoms with Gasteiger partial charge in [0.2, 0.25) is 11.2 Å². The van der Waals surface area contributed by atoms with Gasteiger partial charge in [-0.2, -0.15) is 31.8 Å². The number of halogens is 1. The van der Waals surface area contributed by atoms with Crippen molar-refractivity contribution in [1.82, 2.24) is 24.7 Å². The summed E-state index contributed by atoms with van der Waals surface area (Å²) >= 11 is 7.82. The first-order valence-corrected chi connectivity index (χ1v) is 8.71. The third-order valence-corrected chi connectivity index (χ3v) is 3.73. The number of rotatable bonds is 9. The lowest BCUT2D eigenvalue weighted by atomic mass is 10.2. The minimum absolute atomic E-state index is 0.165. The van der Waals surface area contributed by atoms with Gasteiger partial charge in [-0.3, -0.25) is 0 Å². The highest BCUT2D eigenvalue weighted by molar-refractivity contribution is 7.98. The van der Waals surface area contributed by atoms with Gasteiger partial charge in [-0.1, -0.05) is 12.8 Å². The second kappa shape index (κ2) is 8.84. The second-order valence-electron chi connectivity index (χ2n) is 4.51. The molecule has 0 amide bonds. The molecular weight excluding hydrogens is 308 g/mol. The maximum Gasteiger partial charge on any atom is 0.256 e. The quantitative estimate of drug-likeness (QED) is 0.714. The van der Waals surface area contributed by atoms with Gasteiger partial charge in [-0.25, -0.2) is 4.68 Å². The van der Waals surface area contributed by atoms with Crippen molar-refractivity contribution < 1.29 is 0 Å². The third-order valence-electron chi connectivity index (χ3n) is 2.86. The number of hydrogen-bond donors (Lipinski definition) is 1. The summed E-state index contributed by atoms with van der Waals surface area (Å²) in [6.45, 7) is 0.832. The molecule has 1 N–H and O–H groups in total. The predicted molar refractivity (Wildman–Crippen MR) is 87.3 cm³/mol. The largest absolute Gasteiger partial charge is 0.354 e. The zero-order valence-electron chi connectivity index (χ0n) is 12.0. The van der Waals surface area contributed by atoms with E-state index < -0.39 is 0 Å². The van der Waals surface area contributed by atoms with Crippen LogP contribution < -0.4 is 5.32 Å². The molecule has 0 aliphatic rings. The highest BCUT2D eigenvalue weighted by Gasteiger charge is 2.06. The Hall–Kier alpha value is -1.34. The highest BCUT2D eigenvalue weighted by atomic mass is 35.5. The Balaban J connectivity index is 1.81. The molecule has 0 spiro atoms. The molecule has 0 saturated carbocycles. The Morgan fingerprint density at radius 2 is 2.05 bits per heavy atom. The van der Waals surface area contributed by atoms with Crippen LogP contribution in [0, 0.1) is 0 Å². The average Bonchev–Trinajstić information content (AvgIpc) is 3.00. The Labute approximate surface area is 133 Å². The number of anilines is 1. The van der Waals surface area contributed by atoms with Crippen molar-refractivity contribution >= 4 is 29.3 Å². The number of nitrogens with one attached hydrogen (secondary N) is 1. The highest BCUT2D eigenvalue weighted by Crippen LogP contribution is 2.10. The predicted octanol–water partition coefficient (Wildman–Crippen LogP) is 3.05. The molecule has 2 aromatic rings. The van der Waals surface area contributed by atoms with Crippen LogP contribution in [0.2, 0.25) is 5.28 Å². The Morgan fingerprint density at radius 1 is 1.19 bits per heavy atom. The number of nitrogens with zero attached hydrogens (tertiary/aromatic N) is 5. The fraction of sp³-hybridized carbons (Fsp3) is 0.538. The first kappa shape index (κ1) is 16.0. The average molecular weight is 327 g/mol. The molecule has 0 aromatic carbocycles. The van der Waals surface area contributed by atoms with Crippen LogP contribution in [0.15, 0.2) is 18.5 Å². The van der Waals surface area contributed by atoms with E-state index >= 15 is 0 Å². The molecule has 0 radical (unpaired) electrons. The van der Waals surface area contributed by atoms with Crippen LogP contribution in [-0.4, -0.2) is 43.3 Å². The molecular formula is C13H19ClN6S. The van der Waals surface area contributed by atoms with E-state index in [1.165, 1.54) is 25.0 Å². The molecule has 0 atom stereocenters. The third kappa shape index (κ3) is 5.51. The summed E-state index contributed by atoms with van der Waals surface area (Å²) in [6.07, 6.45) is 10.4. The summed E-state index contributed by atoms with van der Waals surface area (Å²) in [5.41, 5.74) is 0. The summed E-state index contributed by atoms with van der Waals surface area (Å²) in [4.78, 5) is 12.4. The fourth-order valence-corrected chi connectivity index (χ4v) is 2.48. The summed E-state index contributed by atoms with van der Waals surface area (Å²) in [6, 6.07) is 1.80. The van der Waals surface area contributed by atoms with Crippen molar-refractivity contribution in [3.63, 3.8) is 0 Å². The summed E-state index contributed by atoms with van der Waals surface area (Å²) in [5.74, 6) is 2.15. The summed E-state index contributed by atoms with van der Waals surface area (Å²) < 4.78 is 1.56. The van der Waals surface area contributed by atoms with Crippen LogP contribution >= 0.6 is 23.4 Å². The molecule has 114 valence electrons. The van der Waals surface area contributed by atoms with E-state index in [4.69, 9.17) is 11.6 Å². The van der Waals surface area contributed by atoms with Crippen LogP contribution in [0.25, 0.3) is 5.95 Å². The Bertz CT molecular complexity index is 533. The van der Waals surface area contributed by atoms with Gasteiger partial charge >= 0.3 is 0 Å². The molecule has 0 fully saturated rings. The SMILES string of the molecule is CSCCCCCCNc1nc(Cl)nc(-n2cccn2)n1. The van der Waals surface area contributed by atoms with Crippen LogP contribution in [-0.2, 0) is 0 Å². The van der Waals surface area contributed by atoms with Crippen molar-refractivity contribution in [2.24, 2.45) is 0 Å². The van der Waals surface area contributed by atoms with Gasteiger partial charge in [0.25, 0.3) is 5.95 Å². The maximum absolute atomic E-state index is 5.92. The normalized spacial score (nSPS) is 10.8. The van der Waals surface area contributed by atoms with E-state index in [1.54, 1.807) is 23.1 Å². The van der Waals surface area contributed by atoms with E-state index in [-0.39, 0.29) is 5.28 Å². The van der Waals surface area contributed by atoms with Crippen molar-refractivity contribution in [2.75, 3.05) is 23.9 Å². The van der Waals surface area contributed by atoms with Gasteiger partial charge in [0.05, 0.1) is 0 Å². The number of thioether (sulfide) groups is 1. The van der Waals surface area contributed by atoms with E-state index in [0.29, 0.717) is 11.9 Å². The standard InChI is InChI=1S/C13H19ClN6S/c1-21-10-5-3-2-4-7-15-12-17-11(14)18-13(19-12)20-9-6-8-16-20/h6,8-9H,2-5,7,10H2,1H3,(H,15,17,18,19). The van der Waals surface area contributed by atoms with E-state index in [0.717, 1.165) is 13.0 Å². The molecule has 0 aliphatic carbocycles. The van der Waals surface area contributed by atoms with Gasteiger partial charge in [0.15, 0.2) is 0 Å². The molecule has 0 saturated heterocycles. The molecule has 2 heterocycles. The van der Waals surface area contributed by atoms with Gasteiger partial charge in [0.1, 0.15) is 0 Å². The lowest BCUT2D eigenvalue weighted by Gasteiger charge is -2.06. The molecule has 0 aliphatic heterocycles. The lowest BCUT2D eigenvalue weighted by Crippen LogP contribution is -2.10. The van der Waals surface area contributed by atoms with Gasteiger partial charge in [-0.15, -0.1) is 0 Å². The van der Waals surface area contributed by atoms with Gasteiger partial charge in [0, 0.05) is 18.9 Å². The summed E-state index contributed by atoms with van der Waals surface area (Å²) in [7, 11) is 0. The van der Waals surface area contributed by atoms with Crippen LogP contribution in [0.3, 0.4) is 0 Å². The zero-order valence-corrected chi connectivity index (χ0v) is 13.6. The molecule has 8 heteroatoms. The van der Waals surface area contributed by atoms with Crippen molar-refractivity contribution in [1.29, 1.82) is 0 Å². The van der Waals surface area contributed by atoms with E-state index in [9.17, 15) is 0 Å². The monoisotopic (exact) mass is 326 g/mol. The fourth-order valence-electron chi connectivity index (χ4n) is 1.83. The van der Waals surface area contributed by atoms with Crippen molar-refractivity contribution in [3.05, 3.63) is 23.7 Å². The number of unbranched alkanes of at least 4 members (excludes halogenated alkanes) is 3. The molecule has 2 aromatic heterocycles. The first-order chi connectivity index (χ1) is 10.3. The molecule has 0 unspecified atom stereocenters. The van der Waals surface area contributed by atoms with Crippen molar-refractivity contribution in [3.8, 4) is 5.95 Å². The number of aromatic nitrogens is 5. The molecule has 21 heavy (non-hydrogen) atoms. The maximum atomic E-state index is 5.92. The van der Waals surface area contributed by atoms with Gasteiger partial charge in [-0.05, 0) is 42.5 Å². The van der Waals surface area contributed by atoms with Crippen LogP contribution in [0.4, 0.5) is 5.95 Å². The minimum atomic E-state index is 0.165. The lowest BCUT2D eigenvalue weighted by molar-refractivity contribution is 0.686. The van der Waals surface area contributed by atoms with E-state index in [2.05, 4.69) is 31.6 Å². The topological polar surface area (TPSA) is 68.5 Å². The minimum Gasteiger partial charge on any atom is -0.354 e. The zero-order chi connectivity index (χ0) is 14.9. The smallest absolute Gasteiger partial charge is 0.256 e. The first-order valence-electron chi connectivity index (χ1n) is 6.94. The Morgan fingerprint density at radius 3 is 2.81 bits per heavy atom. The van der Waals surface area contributed by atoms with Crippen molar-refractivity contribution in [2.45, 2.75) is 25.7 Å². The van der Waals surface area contributed by atoms with Gasteiger partial charge < -0.3 is 5.32 Å². The molecule has 6 nitrogen and oxygen atoms in total. The molecule has 0 bridgehead atoms. The van der Waals surface area contributed by atoms with E-state index in [1.807, 2.05) is 11.8 Å². The number of hydrogen-bond acceptors (Lipinski definition) is 6. The Kier molecular flexibility index (Phi) is 6.75. The second-order valence-corrected chi connectivity index (χ2v) is 5.84. The van der Waals surface area contributed by atoms with Crippen LogP contribution in [0.5, 0.6) is 0 Å².